The van der Waals surface area contributed by atoms with Crippen molar-refractivity contribution < 1.29 is 0 Å². The summed E-state index contributed by atoms with van der Waals surface area (Å²) < 4.78 is 0. The van der Waals surface area contributed by atoms with Gasteiger partial charge in [-0.05, 0) is 165 Å². The maximum absolute atomic E-state index is 2.49. The molecule has 0 fully saturated rings. The highest BCUT2D eigenvalue weighted by Crippen LogP contribution is 2.60. The summed E-state index contributed by atoms with van der Waals surface area (Å²) >= 11 is 0. The monoisotopic (exact) mass is 960 g/mol. The lowest BCUT2D eigenvalue weighted by Crippen LogP contribution is -2.29. The summed E-state index contributed by atoms with van der Waals surface area (Å²) in [6.45, 7) is 0. The molecular weight excluding hydrogens is 905 g/mol. The first-order valence-corrected chi connectivity index (χ1v) is 26.5. The van der Waals surface area contributed by atoms with Crippen LogP contribution in [0.4, 0.5) is 34.1 Å². The fraction of sp³-hybridized carbons (Fsp3) is 0.0685. The van der Waals surface area contributed by atoms with Crippen molar-refractivity contribution in [3.05, 3.63) is 325 Å². The molecule has 0 radical (unpaired) electrons. The lowest BCUT2D eigenvalue weighted by molar-refractivity contribution is 0.768. The summed E-state index contributed by atoms with van der Waals surface area (Å²) in [6.07, 6.45) is 18.1. The predicted octanol–water partition coefficient (Wildman–Crippen LogP) is 19.8. The van der Waals surface area contributed by atoms with Crippen LogP contribution in [0.1, 0.15) is 59.1 Å². The molecule has 2 heteroatoms. The second kappa shape index (κ2) is 20.0. The lowest BCUT2D eigenvalue weighted by atomic mass is 9.67. The first kappa shape index (κ1) is 45.6. The Labute approximate surface area is 441 Å². The van der Waals surface area contributed by atoms with Crippen LogP contribution in [-0.2, 0) is 5.41 Å². The van der Waals surface area contributed by atoms with Crippen LogP contribution in [0.3, 0.4) is 0 Å². The molecule has 3 aliphatic rings. The Morgan fingerprint density at radius 1 is 0.293 bits per heavy atom. The van der Waals surface area contributed by atoms with Gasteiger partial charge in [0.2, 0.25) is 0 Å². The van der Waals surface area contributed by atoms with Gasteiger partial charge in [-0.15, -0.1) is 0 Å². The van der Waals surface area contributed by atoms with Gasteiger partial charge in [-0.3, -0.25) is 0 Å². The summed E-state index contributed by atoms with van der Waals surface area (Å²) in [5, 5.41) is 0. The van der Waals surface area contributed by atoms with E-state index >= 15 is 0 Å². The third kappa shape index (κ3) is 8.45. The fourth-order valence-corrected chi connectivity index (χ4v) is 11.8. The van der Waals surface area contributed by atoms with Crippen LogP contribution in [0.5, 0.6) is 0 Å². The van der Waals surface area contributed by atoms with E-state index in [1.54, 1.807) is 0 Å². The standard InChI is InChI=1S/C73H56N2/c1-7-20-53(21-8-1)57-34-42-63(43-35-57)74(64-44-36-58(37-45-64)54-22-9-2-10-23-54)67-50-51-68-70(52-67)73(61-28-15-5-16-29-61,62-30-17-6-18-31-62)69-32-19-33-71(72(68)69)75(65-46-38-59(39-47-65)55-24-11-3-12-25-55)66-48-40-60(41-49-66)56-26-13-4-14-27-56/h1,3,5-9,11-13,15-52H,2,4,10,14H2. The van der Waals surface area contributed by atoms with Crippen LogP contribution in [0.25, 0.3) is 44.5 Å². The zero-order chi connectivity index (χ0) is 50.0. The van der Waals surface area contributed by atoms with Crippen LogP contribution in [0.2, 0.25) is 0 Å². The van der Waals surface area contributed by atoms with E-state index in [9.17, 15) is 0 Å². The largest absolute Gasteiger partial charge is 0.310 e. The number of anilines is 6. The number of hydrogen-bond donors (Lipinski definition) is 0. The number of hydrogen-bond acceptors (Lipinski definition) is 2. The van der Waals surface area contributed by atoms with Gasteiger partial charge in [0.15, 0.2) is 0 Å². The molecule has 3 aliphatic carbocycles. The van der Waals surface area contributed by atoms with Crippen molar-refractivity contribution in [2.45, 2.75) is 31.1 Å². The van der Waals surface area contributed by atoms with Crippen molar-refractivity contribution in [2.75, 3.05) is 9.80 Å². The molecular formula is C73H56N2. The van der Waals surface area contributed by atoms with Crippen LogP contribution in [0, 0.1) is 0 Å². The van der Waals surface area contributed by atoms with Gasteiger partial charge in [0, 0.05) is 34.0 Å². The summed E-state index contributed by atoms with van der Waals surface area (Å²) in [6, 6.07) is 94.4. The van der Waals surface area contributed by atoms with Crippen molar-refractivity contribution >= 4 is 45.3 Å². The van der Waals surface area contributed by atoms with E-state index in [0.29, 0.717) is 0 Å². The molecule has 10 aromatic carbocycles. The highest BCUT2D eigenvalue weighted by molar-refractivity contribution is 5.99. The minimum Gasteiger partial charge on any atom is -0.310 e. The Kier molecular flexibility index (Phi) is 12.2. The van der Waals surface area contributed by atoms with E-state index in [2.05, 4.69) is 301 Å². The molecule has 0 spiro atoms. The van der Waals surface area contributed by atoms with Crippen molar-refractivity contribution in [3.63, 3.8) is 0 Å². The van der Waals surface area contributed by atoms with Crippen LogP contribution < -0.4 is 9.80 Å². The molecule has 0 saturated heterocycles. The number of rotatable bonds is 12. The molecule has 10 aromatic rings. The molecule has 0 aromatic heterocycles. The van der Waals surface area contributed by atoms with Crippen LogP contribution in [0.15, 0.2) is 291 Å². The topological polar surface area (TPSA) is 6.48 Å². The average Bonchev–Trinajstić information content (AvgIpc) is 3.81. The third-order valence-corrected chi connectivity index (χ3v) is 15.4. The summed E-state index contributed by atoms with van der Waals surface area (Å²) in [5.74, 6) is 0. The maximum atomic E-state index is 2.49. The van der Waals surface area contributed by atoms with Crippen LogP contribution in [-0.4, -0.2) is 0 Å². The van der Waals surface area contributed by atoms with Gasteiger partial charge < -0.3 is 9.80 Å². The number of nitrogens with zero attached hydrogens (tertiary/aromatic N) is 2. The van der Waals surface area contributed by atoms with E-state index in [4.69, 9.17) is 0 Å². The summed E-state index contributed by atoms with van der Waals surface area (Å²) in [4.78, 5) is 4.92. The van der Waals surface area contributed by atoms with Gasteiger partial charge in [0.1, 0.15) is 0 Å². The van der Waals surface area contributed by atoms with E-state index < -0.39 is 5.41 Å². The van der Waals surface area contributed by atoms with Crippen molar-refractivity contribution in [1.29, 1.82) is 0 Å². The first-order valence-electron chi connectivity index (χ1n) is 26.5. The fourth-order valence-electron chi connectivity index (χ4n) is 11.8. The van der Waals surface area contributed by atoms with Gasteiger partial charge >= 0.3 is 0 Å². The van der Waals surface area contributed by atoms with Gasteiger partial charge in [-0.2, -0.15) is 0 Å². The highest BCUT2D eigenvalue weighted by atomic mass is 15.2. The highest BCUT2D eigenvalue weighted by Gasteiger charge is 2.48. The second-order valence-electron chi connectivity index (χ2n) is 19.8. The predicted molar refractivity (Wildman–Crippen MR) is 317 cm³/mol. The molecule has 0 atom stereocenters. The number of allylic oxidation sites excluding steroid dienone is 8. The van der Waals surface area contributed by atoms with Crippen molar-refractivity contribution in [1.82, 2.24) is 0 Å². The van der Waals surface area contributed by atoms with Crippen molar-refractivity contribution in [2.24, 2.45) is 0 Å². The summed E-state index contributed by atoms with van der Waals surface area (Å²) in [7, 11) is 0. The molecule has 2 nitrogen and oxygen atoms in total. The number of fused-ring (bicyclic) bond motifs is 3. The molecule has 358 valence electrons. The van der Waals surface area contributed by atoms with E-state index in [0.717, 1.165) is 59.8 Å². The summed E-state index contributed by atoms with van der Waals surface area (Å²) in [5.41, 5.74) is 23.1. The minimum absolute atomic E-state index is 0.668. The first-order chi connectivity index (χ1) is 37.2. The number of benzene rings is 10. The molecule has 0 saturated carbocycles. The third-order valence-electron chi connectivity index (χ3n) is 15.4. The molecule has 75 heavy (non-hydrogen) atoms. The van der Waals surface area contributed by atoms with E-state index in [-0.39, 0.29) is 0 Å². The second-order valence-corrected chi connectivity index (χ2v) is 19.8. The average molecular weight is 961 g/mol. The Morgan fingerprint density at radius 3 is 1.13 bits per heavy atom. The molecule has 0 unspecified atom stereocenters. The van der Waals surface area contributed by atoms with Gasteiger partial charge in [-0.25, -0.2) is 0 Å². The van der Waals surface area contributed by atoms with Gasteiger partial charge in [0.25, 0.3) is 0 Å². The molecule has 0 amide bonds. The molecule has 0 bridgehead atoms. The molecule has 0 aliphatic heterocycles. The Morgan fingerprint density at radius 2 is 0.693 bits per heavy atom. The smallest absolute Gasteiger partial charge is 0.0715 e. The SMILES string of the molecule is C1=CC(c2ccc(N(c3ccc(-c4ccccc4)cc3)c3ccc4c(c3)C(c3ccccc3)(c3ccccc3)c3cccc(N(c5ccc(C6=CCCC=C6)cc5)c5ccc(-c6ccccc6)cc5)c3-4)cc2)=CCC1. The van der Waals surface area contributed by atoms with Crippen molar-refractivity contribution in [3.8, 4) is 33.4 Å². The molecule has 13 rings (SSSR count). The normalized spacial score (nSPS) is 14.1. The molecule has 0 heterocycles. The van der Waals surface area contributed by atoms with E-state index in [1.807, 2.05) is 0 Å². The minimum atomic E-state index is -0.668. The zero-order valence-corrected chi connectivity index (χ0v) is 41.9. The maximum Gasteiger partial charge on any atom is 0.0715 e. The van der Waals surface area contributed by atoms with Gasteiger partial charge in [0.05, 0.1) is 11.1 Å². The Hall–Kier alpha value is -9.24. The molecule has 0 N–H and O–H groups in total. The van der Waals surface area contributed by atoms with Gasteiger partial charge in [-0.1, -0.05) is 225 Å². The Balaban J connectivity index is 1.03. The zero-order valence-electron chi connectivity index (χ0n) is 41.9. The lowest BCUT2D eigenvalue weighted by Gasteiger charge is -2.35. The van der Waals surface area contributed by atoms with E-state index in [1.165, 1.54) is 77.9 Å². The van der Waals surface area contributed by atoms with Crippen LogP contribution >= 0.6 is 0 Å². The quantitative estimate of drug-likeness (QED) is 0.120. The Bertz CT molecular complexity index is 3720.